The molecule has 1 aromatic rings. The Morgan fingerprint density at radius 3 is 2.86 bits per heavy atom. The number of amides is 1. The number of aromatic nitrogens is 1. The Kier molecular flexibility index (Phi) is 3.35. The van der Waals surface area contributed by atoms with Gasteiger partial charge in [-0.25, -0.2) is 4.98 Å². The van der Waals surface area contributed by atoms with E-state index in [4.69, 9.17) is 11.6 Å². The molecule has 0 aromatic carbocycles. The molecule has 0 unspecified atom stereocenters. The molecule has 0 saturated carbocycles. The van der Waals surface area contributed by atoms with Crippen LogP contribution in [0.3, 0.4) is 0 Å². The van der Waals surface area contributed by atoms with Gasteiger partial charge in [-0.1, -0.05) is 11.6 Å². The summed E-state index contributed by atoms with van der Waals surface area (Å²) in [5.41, 5.74) is 0. The number of halogens is 1. The normalized spacial score (nSPS) is 9.50. The second kappa shape index (κ2) is 4.52. The van der Waals surface area contributed by atoms with E-state index in [2.05, 4.69) is 10.3 Å². The molecule has 0 saturated heterocycles. The van der Waals surface area contributed by atoms with Crippen LogP contribution in [0.15, 0.2) is 18.3 Å². The van der Waals surface area contributed by atoms with Crippen LogP contribution in [0.25, 0.3) is 0 Å². The van der Waals surface area contributed by atoms with E-state index in [1.807, 2.05) is 0 Å². The molecule has 0 aliphatic heterocycles. The fourth-order valence-corrected chi connectivity index (χ4v) is 0.861. The van der Waals surface area contributed by atoms with Gasteiger partial charge in [0.15, 0.2) is 0 Å². The molecule has 0 atom stereocenters. The quantitative estimate of drug-likeness (QED) is 0.601. The van der Waals surface area contributed by atoms with E-state index in [0.29, 0.717) is 5.02 Å². The van der Waals surface area contributed by atoms with Crippen molar-refractivity contribution in [1.29, 1.82) is 0 Å². The Morgan fingerprint density at radius 1 is 1.64 bits per heavy atom. The fourth-order valence-electron chi connectivity index (χ4n) is 0.749. The minimum absolute atomic E-state index is 0.237. The van der Waals surface area contributed by atoms with Gasteiger partial charge >= 0.3 is 0 Å². The first-order valence-electron chi connectivity index (χ1n) is 3.61. The first-order chi connectivity index (χ1) is 6.58. The van der Waals surface area contributed by atoms with Crippen LogP contribution in [0, 0.1) is 10.1 Å². The predicted molar refractivity (Wildman–Crippen MR) is 49.7 cm³/mol. The number of nitrogens with one attached hydrogen (secondary N) is 1. The molecule has 6 nitrogen and oxygen atoms in total. The Bertz CT molecular complexity index is 352. The zero-order valence-electron chi connectivity index (χ0n) is 6.94. The monoisotopic (exact) mass is 215 g/mol. The number of carbonyl (C=O) groups excluding carboxylic acids is 1. The lowest BCUT2D eigenvalue weighted by molar-refractivity contribution is -0.467. The minimum atomic E-state index is -0.774. The molecule has 0 aliphatic carbocycles. The zero-order chi connectivity index (χ0) is 10.6. The molecule has 1 heterocycles. The molecular weight excluding hydrogens is 210 g/mol. The molecule has 0 spiro atoms. The number of nitrogens with zero attached hydrogens (tertiary/aromatic N) is 2. The summed E-state index contributed by atoms with van der Waals surface area (Å²) in [5.74, 6) is -0.480. The lowest BCUT2D eigenvalue weighted by Gasteiger charge is -2.00. The minimum Gasteiger partial charge on any atom is -0.305 e. The summed E-state index contributed by atoms with van der Waals surface area (Å²) in [6.07, 6.45) is 1.34. The molecule has 7 heteroatoms. The Labute approximate surface area is 84.0 Å². The van der Waals surface area contributed by atoms with E-state index in [1.54, 1.807) is 0 Å². The highest BCUT2D eigenvalue weighted by molar-refractivity contribution is 6.30. The average molecular weight is 216 g/mol. The molecule has 0 aliphatic rings. The molecule has 1 N–H and O–H groups in total. The second-order valence-corrected chi connectivity index (χ2v) is 2.84. The lowest BCUT2D eigenvalue weighted by Crippen LogP contribution is -2.22. The number of nitro groups is 1. The fraction of sp³-hybridized carbons (Fsp3) is 0.143. The Balaban J connectivity index is 2.56. The standard InChI is InChI=1S/C7H6ClN3O3/c8-5-1-2-6(9-3-5)10-7(12)4-11(13)14/h1-3H,4H2,(H,9,10,12). The third-order valence-electron chi connectivity index (χ3n) is 1.27. The van der Waals surface area contributed by atoms with Crippen molar-refractivity contribution >= 4 is 23.3 Å². The summed E-state index contributed by atoms with van der Waals surface area (Å²) in [6.45, 7) is -0.774. The number of hydrogen-bond acceptors (Lipinski definition) is 4. The van der Waals surface area contributed by atoms with E-state index in [1.165, 1.54) is 18.3 Å². The third-order valence-corrected chi connectivity index (χ3v) is 1.49. The molecule has 1 aromatic heterocycles. The topological polar surface area (TPSA) is 85.1 Å². The van der Waals surface area contributed by atoms with Gasteiger partial charge in [-0.3, -0.25) is 14.9 Å². The van der Waals surface area contributed by atoms with Crippen molar-refractivity contribution in [2.24, 2.45) is 0 Å². The van der Waals surface area contributed by atoms with Crippen molar-refractivity contribution in [1.82, 2.24) is 4.98 Å². The summed E-state index contributed by atoms with van der Waals surface area (Å²) in [7, 11) is 0. The summed E-state index contributed by atoms with van der Waals surface area (Å²) in [6, 6.07) is 2.98. The van der Waals surface area contributed by atoms with Crippen LogP contribution in [0.2, 0.25) is 5.02 Å². The van der Waals surface area contributed by atoms with Gasteiger partial charge in [-0.2, -0.15) is 0 Å². The van der Waals surface area contributed by atoms with Crippen molar-refractivity contribution in [2.45, 2.75) is 0 Å². The van der Waals surface area contributed by atoms with E-state index >= 15 is 0 Å². The molecule has 74 valence electrons. The van der Waals surface area contributed by atoms with Crippen molar-refractivity contribution in [3.8, 4) is 0 Å². The maximum absolute atomic E-state index is 10.9. The first kappa shape index (κ1) is 10.4. The van der Waals surface area contributed by atoms with Gasteiger partial charge in [-0.05, 0) is 12.1 Å². The van der Waals surface area contributed by atoms with Gasteiger partial charge in [0.25, 0.3) is 12.5 Å². The van der Waals surface area contributed by atoms with Crippen LogP contribution in [0.5, 0.6) is 0 Å². The van der Waals surface area contributed by atoms with Gasteiger partial charge in [0, 0.05) is 11.1 Å². The van der Waals surface area contributed by atoms with Crippen molar-refractivity contribution in [3.63, 3.8) is 0 Å². The number of hydrogen-bond donors (Lipinski definition) is 1. The highest BCUT2D eigenvalue weighted by Gasteiger charge is 2.09. The zero-order valence-corrected chi connectivity index (χ0v) is 7.69. The van der Waals surface area contributed by atoms with Crippen molar-refractivity contribution in [3.05, 3.63) is 33.5 Å². The van der Waals surface area contributed by atoms with Gasteiger partial charge in [0.2, 0.25) is 0 Å². The van der Waals surface area contributed by atoms with Gasteiger partial charge in [0.05, 0.1) is 5.02 Å². The van der Waals surface area contributed by atoms with Gasteiger partial charge in [-0.15, -0.1) is 0 Å². The summed E-state index contributed by atoms with van der Waals surface area (Å²) >= 11 is 5.55. The van der Waals surface area contributed by atoms with Gasteiger partial charge in [0.1, 0.15) is 5.82 Å². The maximum atomic E-state index is 10.9. The van der Waals surface area contributed by atoms with Crippen LogP contribution in [0.4, 0.5) is 5.82 Å². The molecule has 0 radical (unpaired) electrons. The largest absolute Gasteiger partial charge is 0.305 e. The van der Waals surface area contributed by atoms with Crippen LogP contribution in [-0.2, 0) is 4.79 Å². The molecule has 14 heavy (non-hydrogen) atoms. The highest BCUT2D eigenvalue weighted by atomic mass is 35.5. The van der Waals surface area contributed by atoms with E-state index in [0.717, 1.165) is 0 Å². The third kappa shape index (κ3) is 3.36. The van der Waals surface area contributed by atoms with Crippen molar-refractivity contribution < 1.29 is 9.72 Å². The SMILES string of the molecule is O=C(C[N+](=O)[O-])Nc1ccc(Cl)cn1. The maximum Gasteiger partial charge on any atom is 0.297 e. The van der Waals surface area contributed by atoms with Crippen LogP contribution in [-0.4, -0.2) is 22.4 Å². The van der Waals surface area contributed by atoms with E-state index in [-0.39, 0.29) is 5.82 Å². The molecule has 0 bridgehead atoms. The predicted octanol–water partition coefficient (Wildman–Crippen LogP) is 0.950. The van der Waals surface area contributed by atoms with Gasteiger partial charge < -0.3 is 5.32 Å². The summed E-state index contributed by atoms with van der Waals surface area (Å²) in [5, 5.41) is 12.6. The van der Waals surface area contributed by atoms with E-state index < -0.39 is 17.4 Å². The molecule has 0 fully saturated rings. The van der Waals surface area contributed by atoms with E-state index in [9.17, 15) is 14.9 Å². The Morgan fingerprint density at radius 2 is 2.36 bits per heavy atom. The second-order valence-electron chi connectivity index (χ2n) is 2.40. The number of carbonyl (C=O) groups is 1. The number of anilines is 1. The Hall–Kier alpha value is -1.69. The van der Waals surface area contributed by atoms with Crippen LogP contribution < -0.4 is 5.32 Å². The molecular formula is C7H6ClN3O3. The number of pyridine rings is 1. The molecule has 1 amide bonds. The number of rotatable bonds is 3. The first-order valence-corrected chi connectivity index (χ1v) is 3.99. The average Bonchev–Trinajstić information content (AvgIpc) is 2.07. The van der Waals surface area contributed by atoms with Crippen molar-refractivity contribution in [2.75, 3.05) is 11.9 Å². The smallest absolute Gasteiger partial charge is 0.297 e. The van der Waals surface area contributed by atoms with Crippen LogP contribution in [0.1, 0.15) is 0 Å². The summed E-state index contributed by atoms with van der Waals surface area (Å²) < 4.78 is 0. The molecule has 1 rings (SSSR count). The van der Waals surface area contributed by atoms with Crippen LogP contribution >= 0.6 is 11.6 Å². The summed E-state index contributed by atoms with van der Waals surface area (Å²) in [4.78, 5) is 23.9. The lowest BCUT2D eigenvalue weighted by atomic mass is 10.4. The highest BCUT2D eigenvalue weighted by Crippen LogP contribution is 2.09.